The van der Waals surface area contributed by atoms with E-state index in [1.165, 1.54) is 6.92 Å². The van der Waals surface area contributed by atoms with E-state index >= 15 is 0 Å². The molecule has 0 N–H and O–H groups in total. The van der Waals surface area contributed by atoms with Crippen molar-refractivity contribution in [2.75, 3.05) is 6.61 Å². The maximum Gasteiger partial charge on any atom is 0.234 e. The third-order valence-electron chi connectivity index (χ3n) is 2.79. The normalized spacial score (nSPS) is 13.4. The first-order valence-electron chi connectivity index (χ1n) is 5.97. The molecule has 1 aromatic heterocycles. The lowest BCUT2D eigenvalue weighted by atomic mass is 10.1. The fourth-order valence-corrected chi connectivity index (χ4v) is 1.92. The molecule has 1 aliphatic rings. The van der Waals surface area contributed by atoms with Gasteiger partial charge in [0, 0.05) is 11.1 Å². The van der Waals surface area contributed by atoms with Gasteiger partial charge in [-0.1, -0.05) is 23.4 Å². The average molecular weight is 256 g/mol. The molecule has 0 saturated carbocycles. The minimum absolute atomic E-state index is 0.00517. The first kappa shape index (κ1) is 11.6. The predicted molar refractivity (Wildman–Crippen MR) is 68.5 cm³/mol. The molecule has 0 amide bonds. The van der Waals surface area contributed by atoms with Crippen LogP contribution < -0.4 is 4.74 Å². The zero-order valence-corrected chi connectivity index (χ0v) is 10.4. The summed E-state index contributed by atoms with van der Waals surface area (Å²) in [5.41, 5.74) is 1.83. The summed E-state index contributed by atoms with van der Waals surface area (Å²) in [5.74, 6) is 1.65. The number of carbonyl (C=O) groups excluding carboxylic acids is 1. The molecule has 0 spiro atoms. The number of Topliss-reactive ketones (excluding diaryl/α,β-unsaturated/α-hetero) is 1. The highest BCUT2D eigenvalue weighted by atomic mass is 16.5. The van der Waals surface area contributed by atoms with E-state index in [1.54, 1.807) is 0 Å². The van der Waals surface area contributed by atoms with Gasteiger partial charge in [0.25, 0.3) is 0 Å². The van der Waals surface area contributed by atoms with Crippen molar-refractivity contribution in [2.45, 2.75) is 13.3 Å². The number of fused-ring (bicyclic) bond motifs is 1. The van der Waals surface area contributed by atoms with Gasteiger partial charge in [-0.15, -0.1) is 0 Å². The van der Waals surface area contributed by atoms with E-state index in [-0.39, 0.29) is 12.2 Å². The quantitative estimate of drug-likeness (QED) is 0.841. The molecule has 0 radical (unpaired) electrons. The summed E-state index contributed by atoms with van der Waals surface area (Å²) < 4.78 is 10.7. The summed E-state index contributed by atoms with van der Waals surface area (Å²) >= 11 is 0. The Kier molecular flexibility index (Phi) is 2.87. The van der Waals surface area contributed by atoms with E-state index in [9.17, 15) is 4.79 Å². The zero-order valence-electron chi connectivity index (χ0n) is 10.4. The summed E-state index contributed by atoms with van der Waals surface area (Å²) in [7, 11) is 0. The Morgan fingerprint density at radius 1 is 1.37 bits per heavy atom. The number of ketones is 1. The predicted octanol–water partition coefficient (Wildman–Crippen LogP) is 2.13. The van der Waals surface area contributed by atoms with Crippen LogP contribution in [0, 0.1) is 0 Å². The molecule has 2 aromatic rings. The molecule has 0 bridgehead atoms. The van der Waals surface area contributed by atoms with Crippen molar-refractivity contribution in [3.05, 3.63) is 41.5 Å². The monoisotopic (exact) mass is 256 g/mol. The maximum atomic E-state index is 11.0. The van der Waals surface area contributed by atoms with E-state index < -0.39 is 0 Å². The van der Waals surface area contributed by atoms with Crippen LogP contribution in [0.15, 0.2) is 28.8 Å². The van der Waals surface area contributed by atoms with Crippen molar-refractivity contribution in [3.63, 3.8) is 0 Å². The lowest BCUT2D eigenvalue weighted by Gasteiger charge is -2.15. The third kappa shape index (κ3) is 2.40. The summed E-state index contributed by atoms with van der Waals surface area (Å²) in [6.07, 6.45) is 2.14. The molecule has 1 aliphatic heterocycles. The van der Waals surface area contributed by atoms with Crippen LogP contribution in [0.5, 0.6) is 5.75 Å². The second kappa shape index (κ2) is 4.68. The third-order valence-corrected chi connectivity index (χ3v) is 2.79. The number of benzene rings is 1. The van der Waals surface area contributed by atoms with Crippen LogP contribution in [0.2, 0.25) is 0 Å². The zero-order chi connectivity index (χ0) is 13.2. The van der Waals surface area contributed by atoms with Gasteiger partial charge in [-0.25, -0.2) is 0 Å². The van der Waals surface area contributed by atoms with Crippen molar-refractivity contribution in [1.82, 2.24) is 10.1 Å². The smallest absolute Gasteiger partial charge is 0.234 e. The van der Waals surface area contributed by atoms with Crippen molar-refractivity contribution >= 4 is 17.4 Å². The number of rotatable bonds is 3. The minimum Gasteiger partial charge on any atom is -0.488 e. The van der Waals surface area contributed by atoms with Crippen LogP contribution in [-0.2, 0) is 11.2 Å². The molecular formula is C14H12N2O3. The van der Waals surface area contributed by atoms with Gasteiger partial charge in [-0.3, -0.25) is 4.79 Å². The largest absolute Gasteiger partial charge is 0.488 e. The molecule has 1 aromatic carbocycles. The molecule has 0 atom stereocenters. The van der Waals surface area contributed by atoms with Gasteiger partial charge in [0.1, 0.15) is 18.1 Å². The summed E-state index contributed by atoms with van der Waals surface area (Å²) in [5, 5.41) is 3.88. The SMILES string of the molecule is CC(=O)Cc1nc(C2=Cc3ccccc3OC2)no1. The Balaban J connectivity index is 1.89. The van der Waals surface area contributed by atoms with Gasteiger partial charge in [0.2, 0.25) is 11.7 Å². The Labute approximate surface area is 109 Å². The highest BCUT2D eigenvalue weighted by molar-refractivity contribution is 5.83. The van der Waals surface area contributed by atoms with Gasteiger partial charge in [-0.05, 0) is 19.1 Å². The van der Waals surface area contributed by atoms with Gasteiger partial charge in [0.05, 0.1) is 6.42 Å². The van der Waals surface area contributed by atoms with Crippen LogP contribution in [0.3, 0.4) is 0 Å². The number of aromatic nitrogens is 2. The van der Waals surface area contributed by atoms with Crippen LogP contribution in [0.4, 0.5) is 0 Å². The summed E-state index contributed by atoms with van der Waals surface area (Å²) in [6.45, 7) is 1.89. The molecule has 3 rings (SSSR count). The molecule has 19 heavy (non-hydrogen) atoms. The number of nitrogens with zero attached hydrogens (tertiary/aromatic N) is 2. The maximum absolute atomic E-state index is 11.0. The van der Waals surface area contributed by atoms with E-state index in [0.29, 0.717) is 18.3 Å². The molecule has 0 fully saturated rings. The van der Waals surface area contributed by atoms with Gasteiger partial charge >= 0.3 is 0 Å². The van der Waals surface area contributed by atoms with Crippen molar-refractivity contribution < 1.29 is 14.1 Å². The second-order valence-corrected chi connectivity index (χ2v) is 4.39. The van der Waals surface area contributed by atoms with Crippen molar-refractivity contribution in [1.29, 1.82) is 0 Å². The molecule has 0 unspecified atom stereocenters. The van der Waals surface area contributed by atoms with Gasteiger partial charge in [-0.2, -0.15) is 4.98 Å². The standard InChI is InChI=1S/C14H12N2O3/c1-9(17)6-13-15-14(16-19-13)11-7-10-4-2-3-5-12(10)18-8-11/h2-5,7H,6,8H2,1H3. The lowest BCUT2D eigenvalue weighted by molar-refractivity contribution is -0.116. The second-order valence-electron chi connectivity index (χ2n) is 4.39. The van der Waals surface area contributed by atoms with Crippen molar-refractivity contribution in [3.8, 4) is 5.75 Å². The Morgan fingerprint density at radius 3 is 3.05 bits per heavy atom. The Hall–Kier alpha value is -2.43. The summed E-state index contributed by atoms with van der Waals surface area (Å²) in [6, 6.07) is 7.75. The number of hydrogen-bond donors (Lipinski definition) is 0. The molecule has 0 saturated heterocycles. The van der Waals surface area contributed by atoms with E-state index in [2.05, 4.69) is 10.1 Å². The van der Waals surface area contributed by atoms with Crippen molar-refractivity contribution in [2.24, 2.45) is 0 Å². The first-order chi connectivity index (χ1) is 9.22. The molecule has 96 valence electrons. The minimum atomic E-state index is -0.00517. The van der Waals surface area contributed by atoms with E-state index in [1.807, 2.05) is 30.3 Å². The number of para-hydroxylation sites is 1. The van der Waals surface area contributed by atoms with Crippen LogP contribution in [-0.4, -0.2) is 22.5 Å². The van der Waals surface area contributed by atoms with Crippen LogP contribution in [0.1, 0.15) is 24.2 Å². The van der Waals surface area contributed by atoms with E-state index in [4.69, 9.17) is 9.26 Å². The average Bonchev–Trinajstić information content (AvgIpc) is 2.86. The fourth-order valence-electron chi connectivity index (χ4n) is 1.92. The number of hydrogen-bond acceptors (Lipinski definition) is 5. The highest BCUT2D eigenvalue weighted by Crippen LogP contribution is 2.28. The molecule has 5 heteroatoms. The molecule has 5 nitrogen and oxygen atoms in total. The molecule has 2 heterocycles. The number of ether oxygens (including phenoxy) is 1. The van der Waals surface area contributed by atoms with E-state index in [0.717, 1.165) is 16.9 Å². The van der Waals surface area contributed by atoms with Gasteiger partial charge in [0.15, 0.2) is 0 Å². The van der Waals surface area contributed by atoms with Crippen LogP contribution in [0.25, 0.3) is 11.6 Å². The first-order valence-corrected chi connectivity index (χ1v) is 5.97. The summed E-state index contributed by atoms with van der Waals surface area (Å²) in [4.78, 5) is 15.2. The Morgan fingerprint density at radius 2 is 2.21 bits per heavy atom. The van der Waals surface area contributed by atoms with Crippen LogP contribution >= 0.6 is 0 Å². The highest BCUT2D eigenvalue weighted by Gasteiger charge is 2.17. The molecular weight excluding hydrogens is 244 g/mol. The lowest BCUT2D eigenvalue weighted by Crippen LogP contribution is -2.07. The van der Waals surface area contributed by atoms with Gasteiger partial charge < -0.3 is 9.26 Å². The molecule has 0 aliphatic carbocycles. The number of carbonyl (C=O) groups is 1. The Bertz CT molecular complexity index is 658. The fraction of sp³-hybridized carbons (Fsp3) is 0.214. The topological polar surface area (TPSA) is 65.2 Å².